The van der Waals surface area contributed by atoms with Crippen molar-refractivity contribution in [3.05, 3.63) is 141 Å². The molecule has 3 aliphatic heterocycles. The van der Waals surface area contributed by atoms with Gasteiger partial charge in [-0.1, -0.05) is 93.9 Å². The highest BCUT2D eigenvalue weighted by Crippen LogP contribution is 2.42. The number of Topliss-reactive ketones (excluding diaryl/α,β-unsaturated/α-hetero) is 1. The Labute approximate surface area is 519 Å². The van der Waals surface area contributed by atoms with Gasteiger partial charge in [0.15, 0.2) is 5.78 Å². The van der Waals surface area contributed by atoms with E-state index in [9.17, 15) is 62.6 Å². The van der Waals surface area contributed by atoms with E-state index in [2.05, 4.69) is 31.2 Å². The quantitative estimate of drug-likeness (QED) is 0.0167. The van der Waals surface area contributed by atoms with Gasteiger partial charge in [-0.05, 0) is 115 Å². The van der Waals surface area contributed by atoms with Gasteiger partial charge in [0, 0.05) is 67.6 Å². The van der Waals surface area contributed by atoms with E-state index in [4.69, 9.17) is 5.73 Å². The van der Waals surface area contributed by atoms with Crippen LogP contribution in [-0.2, 0) is 63.9 Å². The maximum absolute atomic E-state index is 14.6. The number of carbonyl (C=O) groups excluding carboxylic acids is 9. The molecule has 7 atom stereocenters. The van der Waals surface area contributed by atoms with Gasteiger partial charge in [-0.25, -0.2) is 4.98 Å². The molecule has 1 fully saturated rings. The van der Waals surface area contributed by atoms with Crippen LogP contribution in [0.1, 0.15) is 146 Å². The lowest BCUT2D eigenvalue weighted by molar-refractivity contribution is -0.144. The summed E-state index contributed by atoms with van der Waals surface area (Å²) in [6.45, 7) is 9.38. The predicted octanol–water partition coefficient (Wildman–Crippen LogP) is 6.55. The number of aromatic amines is 1. The normalized spacial score (nSPS) is 18.4. The third-order valence-corrected chi connectivity index (χ3v) is 18.6. The Kier molecular flexibility index (Phi) is 20.3. The van der Waals surface area contributed by atoms with E-state index < -0.39 is 96.0 Å². The van der Waals surface area contributed by atoms with E-state index in [0.29, 0.717) is 42.3 Å². The molecule has 5 heterocycles. The summed E-state index contributed by atoms with van der Waals surface area (Å²) in [4.78, 5) is 153. The molecule has 1 saturated heterocycles. The summed E-state index contributed by atoms with van der Waals surface area (Å²) in [7, 11) is -5.06. The van der Waals surface area contributed by atoms with Crippen LogP contribution in [0.5, 0.6) is 0 Å². The number of nitrogens with one attached hydrogen (secondary N) is 5. The van der Waals surface area contributed by atoms with Gasteiger partial charge in [-0.3, -0.25) is 52.6 Å². The summed E-state index contributed by atoms with van der Waals surface area (Å²) in [6, 6.07) is 21.8. The standard InChI is InChI=1S/C65H76N9O13PS/c1-36(40-17-20-42(21-18-40)57-37(2)68-35-89-57)69-60(80)51-32-47(75)34-73(51)63(83)58(65(3,4)5)72-55(78)16-8-6-7-11-38-12-9-13-39(27-38)33-67-59(79)49(25-26-54(66)77)71-61(81)52-30-43-15-10-14-41-19-22-44(62(82)74(52)56(41)43)31-53(76)50-29-46-28-45(23-24-48(46)70-50)64(84)88(85,86)87/h9-10,12-15,17-18,20-21,23-24,27-29,35-36,44,47,49,51-52,58,70,75H,6-8,11,16,19,22,25-26,30-34H2,1-5H3,(H2,66,77)(H,67,79)(H,69,80)(H,71,81)(H,72,78)(H2,85,86,87)/t36-,44+,47+,49-,51-,52-,58+/m0/s1. The molecule has 0 saturated carbocycles. The SMILES string of the molecule is Cc1ncsc1-c1ccc([C@H](C)NC(=O)[C@@H]2C[C@@H](O)CN2C(=O)[C@@H](NC(=O)CCCCCc2cccc(CNC(=O)[C@H](CCC(N)=O)NC(=O)[C@@H]3Cc4cccc5c4N3C(=O)[C@@H](CC(=O)c3cc4cc(C(=O)P(=O)(O)O)ccc4[nH]3)CC5)c2)C(C)(C)C)cc1. The van der Waals surface area contributed by atoms with Gasteiger partial charge in [0.25, 0.3) is 5.52 Å². The van der Waals surface area contributed by atoms with E-state index >= 15 is 0 Å². The zero-order valence-electron chi connectivity index (χ0n) is 50.4. The molecule has 2 aromatic heterocycles. The minimum absolute atomic E-state index is 0.0430. The van der Waals surface area contributed by atoms with Gasteiger partial charge in [-0.15, -0.1) is 11.3 Å². The number of likely N-dealkylation sites (tertiary alicyclic amines) is 1. The van der Waals surface area contributed by atoms with Crippen molar-refractivity contribution >= 4 is 88.2 Å². The van der Waals surface area contributed by atoms with Gasteiger partial charge < -0.3 is 51.8 Å². The number of fused-ring (bicyclic) bond motifs is 1. The zero-order chi connectivity index (χ0) is 64.1. The first kappa shape index (κ1) is 65.2. The number of nitrogens with zero attached hydrogens (tertiary/aromatic N) is 3. The number of anilines is 1. The lowest BCUT2D eigenvalue weighted by Crippen LogP contribution is -2.57. The Balaban J connectivity index is 0.754. The van der Waals surface area contributed by atoms with Gasteiger partial charge in [-0.2, -0.15) is 0 Å². The maximum atomic E-state index is 14.6. The first-order valence-electron chi connectivity index (χ1n) is 30.0. The summed E-state index contributed by atoms with van der Waals surface area (Å²) in [5.41, 5.74) is 12.3. The van der Waals surface area contributed by atoms with Crippen molar-refractivity contribution in [1.82, 2.24) is 36.1 Å². The number of para-hydroxylation sites is 1. The van der Waals surface area contributed by atoms with Crippen molar-refractivity contribution in [3.8, 4) is 10.4 Å². The lowest BCUT2D eigenvalue weighted by atomic mass is 9.85. The van der Waals surface area contributed by atoms with E-state index in [-0.39, 0.29) is 81.2 Å². The molecule has 89 heavy (non-hydrogen) atoms. The Hall–Kier alpha value is -8.21. The number of H-pyrrole nitrogens is 1. The second-order valence-electron chi connectivity index (χ2n) is 24.6. The number of aliphatic hydroxyl groups excluding tert-OH is 1. The first-order chi connectivity index (χ1) is 42.2. The van der Waals surface area contributed by atoms with Crippen molar-refractivity contribution in [1.29, 1.82) is 0 Å². The van der Waals surface area contributed by atoms with Crippen molar-refractivity contribution in [3.63, 3.8) is 0 Å². The van der Waals surface area contributed by atoms with Crippen molar-refractivity contribution in [2.45, 2.75) is 155 Å². The van der Waals surface area contributed by atoms with E-state index in [0.717, 1.165) is 50.4 Å². The van der Waals surface area contributed by atoms with Crippen LogP contribution in [0.4, 0.5) is 5.69 Å². The van der Waals surface area contributed by atoms with Gasteiger partial charge in [0.2, 0.25) is 41.4 Å². The Morgan fingerprint density at radius 3 is 2.28 bits per heavy atom. The Morgan fingerprint density at radius 1 is 0.854 bits per heavy atom. The van der Waals surface area contributed by atoms with Gasteiger partial charge >= 0.3 is 7.60 Å². The summed E-state index contributed by atoms with van der Waals surface area (Å²) in [5, 5.41) is 22.8. The molecule has 9 rings (SSSR count). The number of aromatic nitrogens is 2. The van der Waals surface area contributed by atoms with E-state index in [1.807, 2.05) is 101 Å². The smallest absolute Gasteiger partial charge is 0.391 e. The number of amides is 7. The minimum atomic E-state index is -5.06. The highest BCUT2D eigenvalue weighted by Gasteiger charge is 2.47. The number of carbonyl (C=O) groups is 9. The molecule has 6 aromatic rings. The fourth-order valence-electron chi connectivity index (χ4n) is 12.1. The molecule has 4 aromatic carbocycles. The van der Waals surface area contributed by atoms with Crippen LogP contribution < -0.4 is 31.9 Å². The average molecular weight is 1250 g/mol. The van der Waals surface area contributed by atoms with Crippen LogP contribution in [0.25, 0.3) is 21.3 Å². The van der Waals surface area contributed by atoms with Gasteiger partial charge in [0.1, 0.15) is 24.2 Å². The lowest BCUT2D eigenvalue weighted by Gasteiger charge is -2.35. The molecular formula is C65H76N9O13PS. The number of aliphatic hydroxyl groups is 1. The number of ketones is 1. The molecular weight excluding hydrogens is 1180 g/mol. The molecule has 3 aliphatic rings. The monoisotopic (exact) mass is 1250 g/mol. The van der Waals surface area contributed by atoms with E-state index in [1.54, 1.807) is 16.8 Å². The molecule has 0 spiro atoms. The Bertz CT molecular complexity index is 3760. The van der Waals surface area contributed by atoms with Crippen LogP contribution in [0.3, 0.4) is 0 Å². The number of β-amino-alcohol motifs (C(OH)–C–C–N with tert-alkyl or cyclic N) is 1. The minimum Gasteiger partial charge on any atom is -0.391 e. The largest absolute Gasteiger partial charge is 0.396 e. The number of rotatable bonds is 25. The summed E-state index contributed by atoms with van der Waals surface area (Å²) in [6.07, 6.45) is 2.17. The summed E-state index contributed by atoms with van der Waals surface area (Å²) in [5.74, 6) is -4.80. The molecule has 0 unspecified atom stereocenters. The number of unbranched alkanes of at least 4 members (excludes halogenated alkanes) is 2. The van der Waals surface area contributed by atoms with Crippen molar-refractivity contribution in [2.24, 2.45) is 17.1 Å². The summed E-state index contributed by atoms with van der Waals surface area (Å²) < 4.78 is 11.6. The topological polar surface area (TPSA) is 341 Å². The van der Waals surface area contributed by atoms with Crippen LogP contribution in [0.15, 0.2) is 96.5 Å². The maximum Gasteiger partial charge on any atom is 0.396 e. The molecule has 24 heteroatoms. The number of benzene rings is 4. The fraction of sp³-hybridized carbons (Fsp3) is 0.415. The molecule has 0 radical (unpaired) electrons. The number of nitrogens with two attached hydrogens (primary N) is 1. The number of hydrogen-bond donors (Lipinski definition) is 9. The molecule has 0 aliphatic carbocycles. The van der Waals surface area contributed by atoms with Gasteiger partial charge in [0.05, 0.1) is 39.6 Å². The third-order valence-electron chi connectivity index (χ3n) is 16.9. The molecule has 10 N–H and O–H groups in total. The number of thiazole rings is 1. The summed E-state index contributed by atoms with van der Waals surface area (Å²) >= 11 is 1.56. The van der Waals surface area contributed by atoms with Crippen LogP contribution >= 0.6 is 18.9 Å². The van der Waals surface area contributed by atoms with Crippen molar-refractivity contribution in [2.75, 3.05) is 11.4 Å². The third kappa shape index (κ3) is 15.6. The van der Waals surface area contributed by atoms with Crippen LogP contribution in [0, 0.1) is 18.3 Å². The van der Waals surface area contributed by atoms with Crippen LogP contribution in [0.2, 0.25) is 0 Å². The van der Waals surface area contributed by atoms with Crippen LogP contribution in [-0.4, -0.2) is 119 Å². The number of primary amides is 1. The molecule has 22 nitrogen and oxygen atoms in total. The Morgan fingerprint density at radius 2 is 1.57 bits per heavy atom. The second kappa shape index (κ2) is 27.7. The fourth-order valence-corrected chi connectivity index (χ4v) is 13.4. The van der Waals surface area contributed by atoms with Crippen molar-refractivity contribution < 1.29 is 62.6 Å². The first-order valence-corrected chi connectivity index (χ1v) is 32.5. The predicted molar refractivity (Wildman–Crippen MR) is 334 cm³/mol. The number of hydrogen-bond acceptors (Lipinski definition) is 13. The number of aryl methyl sites for hydroxylation is 3. The zero-order valence-corrected chi connectivity index (χ0v) is 52.1. The average Bonchev–Trinajstić information content (AvgIpc) is 1.77. The molecule has 470 valence electrons. The highest BCUT2D eigenvalue weighted by molar-refractivity contribution is 7.70. The van der Waals surface area contributed by atoms with E-state index in [1.165, 1.54) is 34.1 Å². The highest BCUT2D eigenvalue weighted by atomic mass is 32.1. The molecule has 0 bridgehead atoms. The molecule has 7 amide bonds. The second-order valence-corrected chi connectivity index (χ2v) is 26.9.